The number of hydrogen-bond acceptors (Lipinski definition) is 30. The number of thiophene rings is 2. The first-order chi connectivity index (χ1) is 56.0. The second-order valence-electron chi connectivity index (χ2n) is 26.7. The number of hydrazone groups is 2. The van der Waals surface area contributed by atoms with Gasteiger partial charge >= 0.3 is 0 Å². The van der Waals surface area contributed by atoms with E-state index in [1.54, 1.807) is 91.9 Å². The number of carbonyl (C=O) groups excluding carboxylic acids is 14. The molecule has 2 aromatic heterocycles. The first kappa shape index (κ1) is 101. The molecule has 1 unspecified atom stereocenters. The summed E-state index contributed by atoms with van der Waals surface area (Å²) in [7, 11) is -7.52. The number of ether oxygens (including phenoxy) is 8. The average molecular weight is 1720 g/mol. The number of carbonyl (C=O) groups is 14. The highest BCUT2D eigenvalue weighted by atomic mass is 32.2. The minimum absolute atomic E-state index is 0.000441. The van der Waals surface area contributed by atoms with Crippen LogP contribution in [0.4, 0.5) is 0 Å². The number of nitrogens with one attached hydrogen (secondary N) is 2. The van der Waals surface area contributed by atoms with Gasteiger partial charge in [0.05, 0.1) is 32.8 Å². The van der Waals surface area contributed by atoms with Crippen LogP contribution in [0.1, 0.15) is 208 Å². The molecule has 0 saturated heterocycles. The van der Waals surface area contributed by atoms with Gasteiger partial charge in [-0.25, -0.2) is 9.66 Å². The van der Waals surface area contributed by atoms with Crippen LogP contribution in [0.2, 0.25) is 0 Å². The lowest BCUT2D eigenvalue weighted by Gasteiger charge is -2.10. The molecule has 1 fully saturated rings. The lowest BCUT2D eigenvalue weighted by Crippen LogP contribution is -2.20. The van der Waals surface area contributed by atoms with E-state index in [9.17, 15) is 84.0 Å². The molecule has 1 saturated carbocycles. The Hall–Kier alpha value is -11.9. The number of Topliss-reactive ketones (excluding diaryl/α,β-unsaturated/α-hetero) is 14. The van der Waals surface area contributed by atoms with Crippen LogP contribution >= 0.6 is 22.7 Å². The van der Waals surface area contributed by atoms with Gasteiger partial charge in [0.1, 0.15) is 84.0 Å². The summed E-state index contributed by atoms with van der Waals surface area (Å²) in [6.07, 6.45) is 4.23. The summed E-state index contributed by atoms with van der Waals surface area (Å²) in [5.74, 6) is 3.58. The zero-order valence-electron chi connectivity index (χ0n) is 69.0. The third-order valence-electron chi connectivity index (χ3n) is 15.4. The van der Waals surface area contributed by atoms with E-state index in [4.69, 9.17) is 37.9 Å². The summed E-state index contributed by atoms with van der Waals surface area (Å²) in [5.41, 5.74) is 2.18. The van der Waals surface area contributed by atoms with Gasteiger partial charge in [-0.3, -0.25) is 62.3 Å². The predicted octanol–water partition coefficient (Wildman–Crippen LogP) is 13.5. The second kappa shape index (κ2) is 52.0. The van der Waals surface area contributed by atoms with Crippen LogP contribution in [0, 0.1) is 5.92 Å². The Bertz CT molecular complexity index is 4830. The van der Waals surface area contributed by atoms with Crippen molar-refractivity contribution >= 4 is 135 Å². The molecule has 1 atom stereocenters. The normalized spacial score (nSPS) is 12.6. The molecule has 34 heteroatoms. The summed E-state index contributed by atoms with van der Waals surface area (Å²) < 4.78 is 90.5. The minimum Gasteiger partial charge on any atom is -0.488 e. The quantitative estimate of drug-likeness (QED) is 0.0212. The minimum atomic E-state index is -3.76. The smallest absolute Gasteiger partial charge is 0.276 e. The number of fused-ring (bicyclic) bond motifs is 1. The standard InChI is InChI=1S/C15H18N2O4S.C15H20N2O4S.3C12H14O4.C11H12O4S.C8H8O2S/c1-10(18)12-4-7-15(8-5-12)22(20,21)17-16-14-6-3-13(9-14)11(2)19;1-11(5-4-6-12(2)18)16-17-22(20,21)15-9-7-14(8-10-15)13(3)19;1-9(13)7-15-11-3-5-12(6-4-11)16-8-10(2)14;1-9(13)7-15-11-4-3-5-12(6-11)16-8-10(2)14;1-9(13)7-15-11-5-3-4-6-12(11)16-8-10(2)14;1-6(12)10-8-9(11(16-10)7(2)13)15-5-3-4-14-8;1-5(9)7-3-4-8(11-7)6(2)10/h4-5,7-8,13,17H,3,6,9H2,1-2H3;7-10,17H,4-6H2,1-3H3;3*3-6H,7-8H2,1-2H3;3-5H2,1-2H3;3-4H,1-2H3/b16-14+;16-11+;;;;;. The molecule has 0 bridgehead atoms. The summed E-state index contributed by atoms with van der Waals surface area (Å²) in [5, 5.41) is 7.75. The van der Waals surface area contributed by atoms with E-state index in [1.807, 2.05) is 0 Å². The fraction of sp³-hybridized carbons (Fsp3) is 0.365. The Labute approximate surface area is 700 Å². The van der Waals surface area contributed by atoms with Crippen molar-refractivity contribution in [3.8, 4) is 46.0 Å². The van der Waals surface area contributed by atoms with Crippen molar-refractivity contribution in [2.75, 3.05) is 52.9 Å². The van der Waals surface area contributed by atoms with Crippen molar-refractivity contribution in [2.45, 2.75) is 159 Å². The number of sulfonamides is 2. The van der Waals surface area contributed by atoms with Crippen LogP contribution < -0.4 is 47.6 Å². The lowest BCUT2D eigenvalue weighted by molar-refractivity contribution is -0.121. The third kappa shape index (κ3) is 40.2. The van der Waals surface area contributed by atoms with Gasteiger partial charge in [0.25, 0.3) is 20.0 Å². The van der Waals surface area contributed by atoms with Crippen LogP contribution in [-0.2, 0) is 58.4 Å². The second-order valence-corrected chi connectivity index (χ2v) is 32.1. The fourth-order valence-corrected chi connectivity index (χ4v) is 12.9. The van der Waals surface area contributed by atoms with Gasteiger partial charge in [0.15, 0.2) is 92.4 Å². The molecule has 2 aliphatic rings. The van der Waals surface area contributed by atoms with Crippen LogP contribution in [0.3, 0.4) is 0 Å². The SMILES string of the molecule is CC(=O)CCC/C(C)=N/NS(=O)(=O)c1ccc(C(C)=O)cc1.CC(=O)COc1ccc(OCC(C)=O)cc1.CC(=O)COc1cccc(OCC(C)=O)c1.CC(=O)COc1ccccc1OCC(C)=O.CC(=O)c1ccc(C(C)=O)s1.CC(=O)c1ccc(S(=O)(=O)N/N=C2\CCC(C(C)=O)C2)cc1.CC(=O)c1sc(C(C)=O)c2c1OCCCO2. The molecule has 640 valence electrons. The lowest BCUT2D eigenvalue weighted by atomic mass is 10.0. The van der Waals surface area contributed by atoms with Crippen LogP contribution in [0.25, 0.3) is 0 Å². The van der Waals surface area contributed by atoms with Crippen molar-refractivity contribution in [2.24, 2.45) is 16.1 Å². The van der Waals surface area contributed by atoms with Gasteiger partial charge in [-0.15, -0.1) is 22.7 Å². The molecule has 7 aromatic rings. The fourth-order valence-electron chi connectivity index (χ4n) is 9.36. The largest absolute Gasteiger partial charge is 0.488 e. The molecule has 2 N–H and O–H groups in total. The number of para-hydroxylation sites is 2. The van der Waals surface area contributed by atoms with E-state index < -0.39 is 20.0 Å². The zero-order valence-corrected chi connectivity index (χ0v) is 72.3. The third-order valence-corrected chi connectivity index (χ3v) is 20.5. The molecule has 30 nitrogen and oxygen atoms in total. The van der Waals surface area contributed by atoms with Gasteiger partial charge in [-0.2, -0.15) is 27.0 Å². The summed E-state index contributed by atoms with van der Waals surface area (Å²) in [6.45, 7) is 23.4. The van der Waals surface area contributed by atoms with Crippen LogP contribution in [-0.4, -0.2) is 162 Å². The average Bonchev–Trinajstić information content (AvgIpc) is 1.65. The molecule has 3 heterocycles. The first-order valence-corrected chi connectivity index (χ1v) is 41.5. The molecular formula is C85H100N4O26S4. The number of benzene rings is 5. The Kier molecular flexibility index (Phi) is 44.3. The van der Waals surface area contributed by atoms with Crippen molar-refractivity contribution < 1.29 is 122 Å². The summed E-state index contributed by atoms with van der Waals surface area (Å²) in [6, 6.07) is 35.2. The molecular weight excluding hydrogens is 1620 g/mol. The van der Waals surface area contributed by atoms with E-state index in [-0.39, 0.29) is 136 Å². The highest BCUT2D eigenvalue weighted by molar-refractivity contribution is 7.89. The van der Waals surface area contributed by atoms with Gasteiger partial charge < -0.3 is 42.7 Å². The van der Waals surface area contributed by atoms with E-state index in [2.05, 4.69) is 19.9 Å². The monoisotopic (exact) mass is 1720 g/mol. The maximum atomic E-state index is 12.1. The molecule has 1 aliphatic carbocycles. The van der Waals surface area contributed by atoms with Gasteiger partial charge in [-0.1, -0.05) is 42.5 Å². The molecule has 5 aromatic carbocycles. The Morgan fingerprint density at radius 3 is 1.12 bits per heavy atom. The molecule has 0 spiro atoms. The molecule has 1 aliphatic heterocycles. The number of hydrogen-bond donors (Lipinski definition) is 2. The molecule has 0 radical (unpaired) electrons. The van der Waals surface area contributed by atoms with E-state index in [0.717, 1.165) is 17.8 Å². The number of ketones is 14. The topological polar surface area (TPSA) is 430 Å². The molecule has 0 amide bonds. The van der Waals surface area contributed by atoms with Crippen molar-refractivity contribution in [1.82, 2.24) is 9.66 Å². The highest BCUT2D eigenvalue weighted by Gasteiger charge is 2.28. The van der Waals surface area contributed by atoms with Crippen molar-refractivity contribution in [1.29, 1.82) is 0 Å². The Balaban J connectivity index is 0.000000362. The van der Waals surface area contributed by atoms with E-state index >= 15 is 0 Å². The highest BCUT2D eigenvalue weighted by Crippen LogP contribution is 2.44. The van der Waals surface area contributed by atoms with Crippen molar-refractivity contribution in [3.05, 3.63) is 164 Å². The maximum absolute atomic E-state index is 12.1. The summed E-state index contributed by atoms with van der Waals surface area (Å²) in [4.78, 5) is 160. The van der Waals surface area contributed by atoms with Crippen molar-refractivity contribution in [3.63, 3.8) is 0 Å². The molecule has 9 rings (SSSR count). The Morgan fingerprint density at radius 1 is 0.403 bits per heavy atom. The van der Waals surface area contributed by atoms with Crippen LogP contribution in [0.5, 0.6) is 46.0 Å². The van der Waals surface area contributed by atoms with Gasteiger partial charge in [0.2, 0.25) is 0 Å². The van der Waals surface area contributed by atoms with Gasteiger partial charge in [-0.05, 0) is 207 Å². The number of nitrogens with zero attached hydrogens (tertiary/aromatic N) is 2. The maximum Gasteiger partial charge on any atom is 0.276 e. The molecule has 119 heavy (non-hydrogen) atoms. The zero-order chi connectivity index (χ0) is 89.1. The van der Waals surface area contributed by atoms with Gasteiger partial charge in [0, 0.05) is 61.2 Å². The summed E-state index contributed by atoms with van der Waals surface area (Å²) >= 11 is 2.40. The predicted molar refractivity (Wildman–Crippen MR) is 447 cm³/mol. The number of rotatable bonds is 35. The van der Waals surface area contributed by atoms with E-state index in [1.165, 1.54) is 157 Å². The first-order valence-electron chi connectivity index (χ1n) is 36.9. The Morgan fingerprint density at radius 2 is 0.782 bits per heavy atom. The van der Waals surface area contributed by atoms with Crippen LogP contribution in [0.15, 0.2) is 153 Å². The van der Waals surface area contributed by atoms with E-state index in [0.29, 0.717) is 140 Å².